The summed E-state index contributed by atoms with van der Waals surface area (Å²) in [6.45, 7) is 0. The second kappa shape index (κ2) is 4.08. The van der Waals surface area contributed by atoms with Crippen molar-refractivity contribution in [3.63, 3.8) is 0 Å². The summed E-state index contributed by atoms with van der Waals surface area (Å²) in [5.74, 6) is -1.86. The van der Waals surface area contributed by atoms with Crippen LogP contribution < -0.4 is 0 Å². The number of aromatic nitrogens is 3. The van der Waals surface area contributed by atoms with Crippen LogP contribution in [0.5, 0.6) is 0 Å². The van der Waals surface area contributed by atoms with Gasteiger partial charge in [-0.1, -0.05) is 11.6 Å². The lowest BCUT2D eigenvalue weighted by molar-refractivity contribution is -0.139. The van der Waals surface area contributed by atoms with E-state index >= 15 is 0 Å². The third-order valence-electron chi connectivity index (χ3n) is 3.25. The van der Waals surface area contributed by atoms with E-state index in [4.69, 9.17) is 16.7 Å². The fourth-order valence-electron chi connectivity index (χ4n) is 2.13. The standard InChI is InChI=1S/C11H7ClF3N3O2/c12-7-1-4(11(13,14)15)3-18-8(16-17-9(7)18)5-2-6(5)10(19)20/h1,3,5-6H,2H2,(H,19,20). The molecule has 9 heteroatoms. The molecule has 0 aliphatic heterocycles. The molecule has 5 nitrogen and oxygen atoms in total. The summed E-state index contributed by atoms with van der Waals surface area (Å²) < 4.78 is 39.4. The summed E-state index contributed by atoms with van der Waals surface area (Å²) in [6, 6.07) is 0.775. The third-order valence-corrected chi connectivity index (χ3v) is 3.53. The fraction of sp³-hybridized carbons (Fsp3) is 0.364. The summed E-state index contributed by atoms with van der Waals surface area (Å²) in [5.41, 5.74) is -0.839. The van der Waals surface area contributed by atoms with Gasteiger partial charge in [0.15, 0.2) is 5.65 Å². The van der Waals surface area contributed by atoms with Crippen LogP contribution in [0.25, 0.3) is 5.65 Å². The minimum Gasteiger partial charge on any atom is -0.481 e. The molecule has 0 spiro atoms. The Kier molecular flexibility index (Phi) is 2.69. The number of pyridine rings is 1. The van der Waals surface area contributed by atoms with E-state index in [1.165, 1.54) is 0 Å². The number of hydrogen-bond donors (Lipinski definition) is 1. The molecule has 0 amide bonds. The first-order valence-electron chi connectivity index (χ1n) is 5.63. The molecule has 0 radical (unpaired) electrons. The molecule has 2 atom stereocenters. The number of fused-ring (bicyclic) bond motifs is 1. The van der Waals surface area contributed by atoms with Crippen LogP contribution in [0.4, 0.5) is 13.2 Å². The molecule has 0 bridgehead atoms. The Balaban J connectivity index is 2.12. The lowest BCUT2D eigenvalue weighted by Crippen LogP contribution is -2.08. The van der Waals surface area contributed by atoms with E-state index in [-0.39, 0.29) is 16.5 Å². The molecular formula is C11H7ClF3N3O2. The van der Waals surface area contributed by atoms with E-state index in [1.54, 1.807) is 0 Å². The second-order valence-corrected chi connectivity index (χ2v) is 5.02. The van der Waals surface area contributed by atoms with Crippen LogP contribution in [0.1, 0.15) is 23.7 Å². The van der Waals surface area contributed by atoms with Gasteiger partial charge < -0.3 is 5.11 Å². The molecule has 2 unspecified atom stereocenters. The zero-order valence-electron chi connectivity index (χ0n) is 9.73. The monoisotopic (exact) mass is 305 g/mol. The number of carbonyl (C=O) groups is 1. The van der Waals surface area contributed by atoms with Gasteiger partial charge in [0, 0.05) is 12.1 Å². The third kappa shape index (κ3) is 2.00. The van der Waals surface area contributed by atoms with Crippen molar-refractivity contribution in [2.75, 3.05) is 0 Å². The van der Waals surface area contributed by atoms with E-state index < -0.39 is 29.5 Å². The van der Waals surface area contributed by atoms with Gasteiger partial charge in [0.05, 0.1) is 16.5 Å². The average Bonchev–Trinajstić information content (AvgIpc) is 3.01. The Hall–Kier alpha value is -1.83. The van der Waals surface area contributed by atoms with Gasteiger partial charge in [-0.2, -0.15) is 13.2 Å². The molecule has 2 heterocycles. The highest BCUT2D eigenvalue weighted by molar-refractivity contribution is 6.33. The van der Waals surface area contributed by atoms with Crippen molar-refractivity contribution < 1.29 is 23.1 Å². The lowest BCUT2D eigenvalue weighted by atomic mass is 10.2. The van der Waals surface area contributed by atoms with Crippen molar-refractivity contribution in [3.05, 3.63) is 28.7 Å². The summed E-state index contributed by atoms with van der Waals surface area (Å²) in [5, 5.41) is 16.2. The predicted octanol–water partition coefficient (Wildman–Crippen LogP) is 2.59. The van der Waals surface area contributed by atoms with Crippen molar-refractivity contribution in [1.29, 1.82) is 0 Å². The first-order valence-corrected chi connectivity index (χ1v) is 6.01. The van der Waals surface area contributed by atoms with Crippen LogP contribution in [-0.4, -0.2) is 25.7 Å². The Labute approximate surface area is 115 Å². The van der Waals surface area contributed by atoms with E-state index in [0.29, 0.717) is 6.42 Å². The van der Waals surface area contributed by atoms with Gasteiger partial charge in [0.2, 0.25) is 0 Å². The highest BCUT2D eigenvalue weighted by Gasteiger charge is 2.47. The normalized spacial score (nSPS) is 22.2. The summed E-state index contributed by atoms with van der Waals surface area (Å²) in [7, 11) is 0. The van der Waals surface area contributed by atoms with Crippen molar-refractivity contribution in [2.24, 2.45) is 5.92 Å². The lowest BCUT2D eigenvalue weighted by Gasteiger charge is -2.08. The van der Waals surface area contributed by atoms with Gasteiger partial charge in [-0.15, -0.1) is 10.2 Å². The number of hydrogen-bond acceptors (Lipinski definition) is 3. The largest absolute Gasteiger partial charge is 0.481 e. The molecule has 0 aromatic carbocycles. The van der Waals surface area contributed by atoms with E-state index in [9.17, 15) is 18.0 Å². The minimum atomic E-state index is -4.55. The van der Waals surface area contributed by atoms with Gasteiger partial charge in [-0.3, -0.25) is 9.20 Å². The zero-order valence-corrected chi connectivity index (χ0v) is 10.5. The molecule has 1 saturated carbocycles. The van der Waals surface area contributed by atoms with Crippen LogP contribution in [0.15, 0.2) is 12.3 Å². The Morgan fingerprint density at radius 1 is 1.45 bits per heavy atom. The Bertz CT molecular complexity index is 713. The van der Waals surface area contributed by atoms with E-state index in [1.807, 2.05) is 0 Å². The molecule has 2 aromatic heterocycles. The Morgan fingerprint density at radius 2 is 2.15 bits per heavy atom. The van der Waals surface area contributed by atoms with Gasteiger partial charge in [0.1, 0.15) is 5.82 Å². The maximum Gasteiger partial charge on any atom is 0.417 e. The smallest absolute Gasteiger partial charge is 0.417 e. The maximum absolute atomic E-state index is 12.7. The summed E-state index contributed by atoms with van der Waals surface area (Å²) >= 11 is 5.77. The van der Waals surface area contributed by atoms with Gasteiger partial charge in [-0.05, 0) is 12.5 Å². The highest BCUT2D eigenvalue weighted by Crippen LogP contribution is 2.47. The van der Waals surface area contributed by atoms with E-state index in [0.717, 1.165) is 16.7 Å². The highest BCUT2D eigenvalue weighted by atomic mass is 35.5. The molecule has 1 N–H and O–H groups in total. The number of rotatable bonds is 2. The number of carboxylic acids is 1. The number of carboxylic acid groups (broad SMARTS) is 1. The molecule has 3 rings (SSSR count). The fourth-order valence-corrected chi connectivity index (χ4v) is 2.38. The van der Waals surface area contributed by atoms with Crippen molar-refractivity contribution in [1.82, 2.24) is 14.6 Å². The van der Waals surface area contributed by atoms with Crippen LogP contribution in [0, 0.1) is 5.92 Å². The van der Waals surface area contributed by atoms with E-state index in [2.05, 4.69) is 10.2 Å². The molecule has 20 heavy (non-hydrogen) atoms. The van der Waals surface area contributed by atoms with Gasteiger partial charge >= 0.3 is 12.1 Å². The zero-order chi connectivity index (χ0) is 14.7. The van der Waals surface area contributed by atoms with Crippen LogP contribution in [0.3, 0.4) is 0 Å². The number of nitrogens with zero attached hydrogens (tertiary/aromatic N) is 3. The quantitative estimate of drug-likeness (QED) is 0.926. The predicted molar refractivity (Wildman–Crippen MR) is 61.5 cm³/mol. The topological polar surface area (TPSA) is 67.5 Å². The molecule has 1 fully saturated rings. The van der Waals surface area contributed by atoms with Crippen LogP contribution in [-0.2, 0) is 11.0 Å². The second-order valence-electron chi connectivity index (χ2n) is 4.61. The SMILES string of the molecule is O=C(O)C1CC1c1nnc2c(Cl)cc(C(F)(F)F)cn12. The minimum absolute atomic E-state index is 0.0886. The van der Waals surface area contributed by atoms with Crippen molar-refractivity contribution >= 4 is 23.2 Å². The number of alkyl halides is 3. The molecule has 1 aliphatic rings. The first-order chi connectivity index (χ1) is 9.29. The van der Waals surface area contributed by atoms with Crippen molar-refractivity contribution in [3.8, 4) is 0 Å². The van der Waals surface area contributed by atoms with Crippen LogP contribution in [0.2, 0.25) is 5.02 Å². The summed E-state index contributed by atoms with van der Waals surface area (Å²) in [6.07, 6.45) is -3.37. The molecule has 2 aromatic rings. The van der Waals surface area contributed by atoms with Gasteiger partial charge in [0.25, 0.3) is 0 Å². The first kappa shape index (κ1) is 13.2. The molecule has 106 valence electrons. The number of aliphatic carboxylic acids is 1. The summed E-state index contributed by atoms with van der Waals surface area (Å²) in [4.78, 5) is 10.8. The molecule has 0 saturated heterocycles. The van der Waals surface area contributed by atoms with Gasteiger partial charge in [-0.25, -0.2) is 0 Å². The average molecular weight is 306 g/mol. The molecule has 1 aliphatic carbocycles. The maximum atomic E-state index is 12.7. The number of halogens is 4. The Morgan fingerprint density at radius 3 is 2.70 bits per heavy atom. The van der Waals surface area contributed by atoms with Crippen LogP contribution >= 0.6 is 11.6 Å². The van der Waals surface area contributed by atoms with Crippen molar-refractivity contribution in [2.45, 2.75) is 18.5 Å². The molecular weight excluding hydrogens is 299 g/mol.